The van der Waals surface area contributed by atoms with Crippen LogP contribution in [0.3, 0.4) is 0 Å². The molecular formula is C22H25BrO2. The Balaban J connectivity index is 2.02. The number of phenolic OH excluding ortho intramolecular Hbond substituents is 2. The Labute approximate surface area is 158 Å². The molecule has 2 aromatic carbocycles. The fraction of sp³-hybridized carbons (Fsp3) is 0.364. The van der Waals surface area contributed by atoms with Gasteiger partial charge in [-0.15, -0.1) is 0 Å². The summed E-state index contributed by atoms with van der Waals surface area (Å²) in [6.45, 7) is 0. The van der Waals surface area contributed by atoms with Crippen LogP contribution in [0.4, 0.5) is 0 Å². The number of hydrogen-bond acceptors (Lipinski definition) is 2. The molecule has 0 amide bonds. The molecule has 2 aromatic rings. The van der Waals surface area contributed by atoms with Crippen LogP contribution in [0.2, 0.25) is 0 Å². The Morgan fingerprint density at radius 2 is 1.60 bits per heavy atom. The van der Waals surface area contributed by atoms with Gasteiger partial charge in [-0.2, -0.15) is 0 Å². The molecule has 0 bridgehead atoms. The number of phenols is 2. The van der Waals surface area contributed by atoms with E-state index in [-0.39, 0.29) is 0 Å². The monoisotopic (exact) mass is 400 g/mol. The molecule has 0 aliphatic heterocycles. The Bertz CT molecular complexity index is 747. The summed E-state index contributed by atoms with van der Waals surface area (Å²) in [7, 11) is 0. The Kier molecular flexibility index (Phi) is 6.19. The minimum atomic E-state index is 0.308. The van der Waals surface area contributed by atoms with E-state index in [9.17, 15) is 10.2 Å². The summed E-state index contributed by atoms with van der Waals surface area (Å²) in [5.41, 5.74) is 6.55. The van der Waals surface area contributed by atoms with Gasteiger partial charge in [-0.05, 0) is 90.6 Å². The van der Waals surface area contributed by atoms with Crippen molar-refractivity contribution in [2.45, 2.75) is 44.9 Å². The summed E-state index contributed by atoms with van der Waals surface area (Å²) in [6.07, 6.45) is 7.75. The molecule has 0 fully saturated rings. The highest BCUT2D eigenvalue weighted by atomic mass is 79.9. The number of unbranched alkanes of at least 4 members (excludes halogenated alkanes) is 2. The molecule has 132 valence electrons. The van der Waals surface area contributed by atoms with Crippen molar-refractivity contribution < 1.29 is 10.2 Å². The van der Waals surface area contributed by atoms with Crippen LogP contribution in [-0.4, -0.2) is 15.5 Å². The van der Waals surface area contributed by atoms with Crippen LogP contribution in [0.5, 0.6) is 11.5 Å². The third kappa shape index (κ3) is 4.46. The average Bonchev–Trinajstić information content (AvgIpc) is 2.78. The Morgan fingerprint density at radius 1 is 0.840 bits per heavy atom. The number of benzene rings is 2. The van der Waals surface area contributed by atoms with Gasteiger partial charge in [0.05, 0.1) is 0 Å². The van der Waals surface area contributed by atoms with Crippen molar-refractivity contribution in [3.05, 3.63) is 59.2 Å². The second-order valence-electron chi connectivity index (χ2n) is 6.70. The van der Waals surface area contributed by atoms with Gasteiger partial charge >= 0.3 is 0 Å². The second-order valence-corrected chi connectivity index (χ2v) is 7.49. The van der Waals surface area contributed by atoms with E-state index in [0.717, 1.165) is 31.0 Å². The molecule has 25 heavy (non-hydrogen) atoms. The lowest BCUT2D eigenvalue weighted by atomic mass is 9.89. The molecule has 2 nitrogen and oxygen atoms in total. The molecule has 0 atom stereocenters. The first kappa shape index (κ1) is 18.1. The van der Waals surface area contributed by atoms with Crippen molar-refractivity contribution in [2.75, 3.05) is 5.33 Å². The molecule has 0 saturated carbocycles. The highest BCUT2D eigenvalue weighted by Crippen LogP contribution is 2.39. The van der Waals surface area contributed by atoms with E-state index in [2.05, 4.69) is 22.0 Å². The fourth-order valence-electron chi connectivity index (χ4n) is 3.69. The number of halogens is 1. The van der Waals surface area contributed by atoms with Gasteiger partial charge < -0.3 is 10.2 Å². The van der Waals surface area contributed by atoms with E-state index in [1.165, 1.54) is 47.1 Å². The maximum absolute atomic E-state index is 9.88. The van der Waals surface area contributed by atoms with E-state index in [0.29, 0.717) is 11.5 Å². The summed E-state index contributed by atoms with van der Waals surface area (Å²) in [5, 5.41) is 20.6. The first-order valence-corrected chi connectivity index (χ1v) is 10.2. The Hall–Kier alpha value is -1.74. The zero-order valence-corrected chi connectivity index (χ0v) is 16.1. The van der Waals surface area contributed by atoms with E-state index in [1.807, 2.05) is 18.2 Å². The number of alkyl halides is 1. The summed E-state index contributed by atoms with van der Waals surface area (Å²) in [5.74, 6) is 0.660. The van der Waals surface area contributed by atoms with E-state index in [1.54, 1.807) is 18.2 Å². The van der Waals surface area contributed by atoms with Gasteiger partial charge in [-0.1, -0.05) is 40.5 Å². The largest absolute Gasteiger partial charge is 0.508 e. The molecule has 1 aliphatic carbocycles. The van der Waals surface area contributed by atoms with Crippen LogP contribution in [0.25, 0.3) is 11.1 Å². The summed E-state index contributed by atoms with van der Waals surface area (Å²) < 4.78 is 0. The summed E-state index contributed by atoms with van der Waals surface area (Å²) in [6, 6.07) is 13.4. The first-order valence-electron chi connectivity index (χ1n) is 9.08. The minimum Gasteiger partial charge on any atom is -0.508 e. The predicted molar refractivity (Wildman–Crippen MR) is 108 cm³/mol. The van der Waals surface area contributed by atoms with E-state index >= 15 is 0 Å². The fourth-order valence-corrected chi connectivity index (χ4v) is 4.09. The number of aromatic hydroxyl groups is 2. The average molecular weight is 401 g/mol. The van der Waals surface area contributed by atoms with Gasteiger partial charge in [0.2, 0.25) is 0 Å². The lowest BCUT2D eigenvalue weighted by Gasteiger charge is -2.16. The SMILES string of the molecule is Oc1ccc(C2=C(CCCCCBr)c3ccc(O)cc3CCC2)cc1. The molecule has 2 N–H and O–H groups in total. The molecule has 0 aromatic heterocycles. The second kappa shape index (κ2) is 8.57. The van der Waals surface area contributed by atoms with Crippen LogP contribution in [0.15, 0.2) is 42.5 Å². The molecule has 0 spiro atoms. The van der Waals surface area contributed by atoms with Crippen molar-refractivity contribution in [1.82, 2.24) is 0 Å². The smallest absolute Gasteiger partial charge is 0.115 e. The van der Waals surface area contributed by atoms with Crippen LogP contribution < -0.4 is 0 Å². The van der Waals surface area contributed by atoms with E-state index in [4.69, 9.17) is 0 Å². The normalized spacial score (nSPS) is 14.3. The lowest BCUT2D eigenvalue weighted by molar-refractivity contribution is 0.474. The van der Waals surface area contributed by atoms with Crippen molar-refractivity contribution in [3.63, 3.8) is 0 Å². The minimum absolute atomic E-state index is 0.308. The number of hydrogen-bond donors (Lipinski definition) is 2. The van der Waals surface area contributed by atoms with Gasteiger partial charge in [0.25, 0.3) is 0 Å². The van der Waals surface area contributed by atoms with E-state index < -0.39 is 0 Å². The topological polar surface area (TPSA) is 40.5 Å². The van der Waals surface area contributed by atoms with Crippen molar-refractivity contribution in [3.8, 4) is 11.5 Å². The van der Waals surface area contributed by atoms with Crippen molar-refractivity contribution in [1.29, 1.82) is 0 Å². The maximum Gasteiger partial charge on any atom is 0.115 e. The molecule has 3 rings (SSSR count). The van der Waals surface area contributed by atoms with Gasteiger partial charge in [0.1, 0.15) is 11.5 Å². The van der Waals surface area contributed by atoms with Crippen LogP contribution in [0.1, 0.15) is 55.2 Å². The standard InChI is InChI=1S/C22H25BrO2/c23-14-3-1-2-6-22-20(16-8-10-18(24)11-9-16)7-4-5-17-15-19(25)12-13-21(17)22/h8-13,15,24-25H,1-7,14H2. The number of aryl methyl sites for hydroxylation is 1. The van der Waals surface area contributed by atoms with Crippen LogP contribution in [0, 0.1) is 0 Å². The summed E-state index contributed by atoms with van der Waals surface area (Å²) >= 11 is 3.51. The molecule has 3 heteroatoms. The third-order valence-electron chi connectivity index (χ3n) is 4.93. The Morgan fingerprint density at radius 3 is 2.36 bits per heavy atom. The predicted octanol–water partition coefficient (Wildman–Crippen LogP) is 6.30. The molecule has 0 heterocycles. The third-order valence-corrected chi connectivity index (χ3v) is 5.49. The van der Waals surface area contributed by atoms with Crippen molar-refractivity contribution >= 4 is 27.1 Å². The first-order chi connectivity index (χ1) is 12.2. The molecule has 0 saturated heterocycles. The number of fused-ring (bicyclic) bond motifs is 1. The highest BCUT2D eigenvalue weighted by Gasteiger charge is 2.18. The lowest BCUT2D eigenvalue weighted by Crippen LogP contribution is -1.95. The molecule has 0 unspecified atom stereocenters. The van der Waals surface area contributed by atoms with Gasteiger partial charge in [-0.25, -0.2) is 0 Å². The van der Waals surface area contributed by atoms with Gasteiger partial charge in [-0.3, -0.25) is 0 Å². The molecule has 0 radical (unpaired) electrons. The van der Waals surface area contributed by atoms with Crippen LogP contribution in [-0.2, 0) is 6.42 Å². The molecule has 1 aliphatic rings. The highest BCUT2D eigenvalue weighted by molar-refractivity contribution is 9.09. The van der Waals surface area contributed by atoms with Gasteiger partial charge in [0, 0.05) is 5.33 Å². The molecular weight excluding hydrogens is 376 g/mol. The van der Waals surface area contributed by atoms with Crippen LogP contribution >= 0.6 is 15.9 Å². The van der Waals surface area contributed by atoms with Gasteiger partial charge in [0.15, 0.2) is 0 Å². The number of allylic oxidation sites excluding steroid dienone is 2. The quantitative estimate of drug-likeness (QED) is 0.441. The van der Waals surface area contributed by atoms with Crippen molar-refractivity contribution in [2.24, 2.45) is 0 Å². The zero-order chi connectivity index (χ0) is 17.6. The maximum atomic E-state index is 9.88. The zero-order valence-electron chi connectivity index (χ0n) is 14.5. The number of rotatable bonds is 6. The summed E-state index contributed by atoms with van der Waals surface area (Å²) in [4.78, 5) is 0.